The van der Waals surface area contributed by atoms with E-state index in [9.17, 15) is 14.0 Å². The van der Waals surface area contributed by atoms with E-state index in [0.717, 1.165) is 23.0 Å². The Bertz CT molecular complexity index is 998. The Labute approximate surface area is 170 Å². The van der Waals surface area contributed by atoms with Crippen LogP contribution in [-0.2, 0) is 11.2 Å². The standard InChI is InChI=1S/C24H23FN2O2/c1-3-24(29)27(2)22-11-9-19(10-12-22)18-5-7-20(8-6-18)23(28)13-4-17-14-21(25)16-26-15-17/h5-12,14-16H,3-4,13H2,1-2H3. The van der Waals surface area contributed by atoms with Crippen LogP contribution < -0.4 is 4.90 Å². The molecule has 0 saturated carbocycles. The Hall–Kier alpha value is -3.34. The van der Waals surface area contributed by atoms with E-state index in [2.05, 4.69) is 4.98 Å². The number of pyridine rings is 1. The highest BCUT2D eigenvalue weighted by Gasteiger charge is 2.10. The van der Waals surface area contributed by atoms with Crippen molar-refractivity contribution in [2.24, 2.45) is 0 Å². The van der Waals surface area contributed by atoms with Gasteiger partial charge >= 0.3 is 0 Å². The first-order chi connectivity index (χ1) is 14.0. The van der Waals surface area contributed by atoms with Crippen LogP contribution in [0.2, 0.25) is 0 Å². The van der Waals surface area contributed by atoms with Gasteiger partial charge in [0.2, 0.25) is 5.91 Å². The second-order valence-electron chi connectivity index (χ2n) is 6.87. The molecule has 0 saturated heterocycles. The van der Waals surface area contributed by atoms with E-state index in [-0.39, 0.29) is 11.7 Å². The Balaban J connectivity index is 1.65. The van der Waals surface area contributed by atoms with E-state index in [4.69, 9.17) is 0 Å². The first-order valence-electron chi connectivity index (χ1n) is 9.57. The van der Waals surface area contributed by atoms with Crippen LogP contribution in [0.25, 0.3) is 11.1 Å². The van der Waals surface area contributed by atoms with Gasteiger partial charge in [0, 0.05) is 37.3 Å². The number of benzene rings is 2. The van der Waals surface area contributed by atoms with E-state index < -0.39 is 5.82 Å². The number of halogens is 1. The van der Waals surface area contributed by atoms with Gasteiger partial charge in [-0.2, -0.15) is 0 Å². The molecule has 2 aromatic carbocycles. The van der Waals surface area contributed by atoms with Gasteiger partial charge in [0.1, 0.15) is 5.82 Å². The average Bonchev–Trinajstić information content (AvgIpc) is 2.76. The Morgan fingerprint density at radius 2 is 1.59 bits per heavy atom. The quantitative estimate of drug-likeness (QED) is 0.529. The molecule has 0 aliphatic rings. The number of rotatable bonds is 7. The summed E-state index contributed by atoms with van der Waals surface area (Å²) in [5.74, 6) is -0.318. The second-order valence-corrected chi connectivity index (χ2v) is 6.87. The van der Waals surface area contributed by atoms with Gasteiger partial charge in [0.05, 0.1) is 6.20 Å². The number of aromatic nitrogens is 1. The lowest BCUT2D eigenvalue weighted by Crippen LogP contribution is -2.24. The predicted molar refractivity (Wildman–Crippen MR) is 112 cm³/mol. The smallest absolute Gasteiger partial charge is 0.226 e. The van der Waals surface area contributed by atoms with Crippen LogP contribution in [0.5, 0.6) is 0 Å². The number of nitrogens with zero attached hydrogens (tertiary/aromatic N) is 2. The SMILES string of the molecule is CCC(=O)N(C)c1ccc(-c2ccc(C(=O)CCc3cncc(F)c3)cc2)cc1. The summed E-state index contributed by atoms with van der Waals surface area (Å²) in [7, 11) is 1.77. The van der Waals surface area contributed by atoms with Crippen molar-refractivity contribution in [3.8, 4) is 11.1 Å². The fraction of sp³-hybridized carbons (Fsp3) is 0.208. The molecule has 5 heteroatoms. The van der Waals surface area contributed by atoms with Crippen molar-refractivity contribution in [3.63, 3.8) is 0 Å². The van der Waals surface area contributed by atoms with E-state index in [1.54, 1.807) is 18.1 Å². The molecule has 0 radical (unpaired) electrons. The molecule has 0 atom stereocenters. The molecule has 148 valence electrons. The van der Waals surface area contributed by atoms with Gasteiger partial charge in [-0.25, -0.2) is 4.39 Å². The van der Waals surface area contributed by atoms with Gasteiger partial charge in [-0.1, -0.05) is 43.3 Å². The van der Waals surface area contributed by atoms with Gasteiger partial charge in [-0.3, -0.25) is 14.6 Å². The van der Waals surface area contributed by atoms with Crippen LogP contribution in [0, 0.1) is 5.82 Å². The zero-order chi connectivity index (χ0) is 20.8. The fourth-order valence-corrected chi connectivity index (χ4v) is 3.10. The van der Waals surface area contributed by atoms with Gasteiger partial charge < -0.3 is 4.90 Å². The van der Waals surface area contributed by atoms with Crippen molar-refractivity contribution >= 4 is 17.4 Å². The highest BCUT2D eigenvalue weighted by Crippen LogP contribution is 2.24. The molecule has 3 aromatic rings. The molecule has 4 nitrogen and oxygen atoms in total. The van der Waals surface area contributed by atoms with Crippen LogP contribution in [0.15, 0.2) is 67.0 Å². The summed E-state index contributed by atoms with van der Waals surface area (Å²) in [5, 5.41) is 0. The zero-order valence-electron chi connectivity index (χ0n) is 16.6. The number of anilines is 1. The number of Topliss-reactive ketones (excluding diaryl/α,β-unsaturated/α-hetero) is 1. The van der Waals surface area contributed by atoms with Crippen molar-refractivity contribution in [1.82, 2.24) is 4.98 Å². The Kier molecular flexibility index (Phi) is 6.50. The minimum Gasteiger partial charge on any atom is -0.316 e. The van der Waals surface area contributed by atoms with Crippen LogP contribution in [0.4, 0.5) is 10.1 Å². The third kappa shape index (κ3) is 5.13. The highest BCUT2D eigenvalue weighted by molar-refractivity contribution is 5.96. The molecular formula is C24H23FN2O2. The topological polar surface area (TPSA) is 50.3 Å². The van der Waals surface area contributed by atoms with Crippen LogP contribution in [0.1, 0.15) is 35.7 Å². The number of hydrogen-bond acceptors (Lipinski definition) is 3. The van der Waals surface area contributed by atoms with Crippen molar-refractivity contribution in [1.29, 1.82) is 0 Å². The van der Waals surface area contributed by atoms with Crippen molar-refractivity contribution in [2.45, 2.75) is 26.2 Å². The maximum absolute atomic E-state index is 13.2. The minimum absolute atomic E-state index is 0.0101. The monoisotopic (exact) mass is 390 g/mol. The summed E-state index contributed by atoms with van der Waals surface area (Å²) in [5.41, 5.74) is 4.19. The molecular weight excluding hydrogens is 367 g/mol. The molecule has 0 bridgehead atoms. The lowest BCUT2D eigenvalue weighted by atomic mass is 9.99. The van der Waals surface area contributed by atoms with Crippen molar-refractivity contribution in [3.05, 3.63) is 83.9 Å². The summed E-state index contributed by atoms with van der Waals surface area (Å²) < 4.78 is 13.2. The highest BCUT2D eigenvalue weighted by atomic mass is 19.1. The molecule has 1 heterocycles. The average molecular weight is 390 g/mol. The van der Waals surface area contributed by atoms with Crippen molar-refractivity contribution in [2.75, 3.05) is 11.9 Å². The molecule has 0 unspecified atom stereocenters. The van der Waals surface area contributed by atoms with Gasteiger partial charge in [-0.05, 0) is 41.3 Å². The summed E-state index contributed by atoms with van der Waals surface area (Å²) in [4.78, 5) is 29.7. The maximum Gasteiger partial charge on any atom is 0.226 e. The number of aryl methyl sites for hydroxylation is 1. The third-order valence-electron chi connectivity index (χ3n) is 4.87. The van der Waals surface area contributed by atoms with E-state index in [0.29, 0.717) is 30.4 Å². The summed E-state index contributed by atoms with van der Waals surface area (Å²) in [6, 6.07) is 16.6. The molecule has 0 N–H and O–H groups in total. The lowest BCUT2D eigenvalue weighted by Gasteiger charge is -2.16. The van der Waals surface area contributed by atoms with Crippen LogP contribution >= 0.6 is 0 Å². The molecule has 3 rings (SSSR count). The number of carbonyl (C=O) groups is 2. The zero-order valence-corrected chi connectivity index (χ0v) is 16.6. The van der Waals surface area contributed by atoms with Gasteiger partial charge in [0.25, 0.3) is 0 Å². The summed E-state index contributed by atoms with van der Waals surface area (Å²) in [6.07, 6.45) is 3.95. The maximum atomic E-state index is 13.2. The van der Waals surface area contributed by atoms with E-state index in [1.807, 2.05) is 55.5 Å². The number of amides is 1. The first kappa shape index (κ1) is 20.4. The largest absolute Gasteiger partial charge is 0.316 e. The number of carbonyl (C=O) groups excluding carboxylic acids is 2. The molecule has 1 aromatic heterocycles. The number of ketones is 1. The fourth-order valence-electron chi connectivity index (χ4n) is 3.10. The molecule has 1 amide bonds. The minimum atomic E-state index is -0.393. The van der Waals surface area contributed by atoms with E-state index >= 15 is 0 Å². The third-order valence-corrected chi connectivity index (χ3v) is 4.87. The molecule has 0 aliphatic heterocycles. The number of hydrogen-bond donors (Lipinski definition) is 0. The lowest BCUT2D eigenvalue weighted by molar-refractivity contribution is -0.118. The van der Waals surface area contributed by atoms with Crippen molar-refractivity contribution < 1.29 is 14.0 Å². The first-order valence-corrected chi connectivity index (χ1v) is 9.57. The van der Waals surface area contributed by atoms with Crippen LogP contribution in [-0.4, -0.2) is 23.7 Å². The van der Waals surface area contributed by atoms with Gasteiger partial charge in [-0.15, -0.1) is 0 Å². The molecule has 29 heavy (non-hydrogen) atoms. The Morgan fingerprint density at radius 3 is 2.17 bits per heavy atom. The molecule has 0 aliphatic carbocycles. The summed E-state index contributed by atoms with van der Waals surface area (Å²) in [6.45, 7) is 1.84. The second kappa shape index (κ2) is 9.24. The van der Waals surface area contributed by atoms with Gasteiger partial charge in [0.15, 0.2) is 5.78 Å². The molecule has 0 spiro atoms. The van der Waals surface area contributed by atoms with Crippen LogP contribution in [0.3, 0.4) is 0 Å². The Morgan fingerprint density at radius 1 is 0.966 bits per heavy atom. The summed E-state index contributed by atoms with van der Waals surface area (Å²) >= 11 is 0. The predicted octanol–water partition coefficient (Wildman–Crippen LogP) is 5.08. The van der Waals surface area contributed by atoms with E-state index in [1.165, 1.54) is 6.07 Å². The molecule has 0 fully saturated rings. The normalized spacial score (nSPS) is 10.6.